The summed E-state index contributed by atoms with van der Waals surface area (Å²) >= 11 is 5.56. The number of halogens is 1. The molecule has 64 valence electrons. The van der Waals surface area contributed by atoms with Crippen LogP contribution in [0.1, 0.15) is 27.2 Å². The van der Waals surface area contributed by atoms with E-state index < -0.39 is 5.60 Å². The summed E-state index contributed by atoms with van der Waals surface area (Å²) in [6, 6.07) is 0. The highest BCUT2D eigenvalue weighted by Crippen LogP contribution is 2.20. The second-order valence-electron chi connectivity index (χ2n) is 3.27. The molecule has 0 bridgehead atoms. The first kappa shape index (κ1) is 10.7. The summed E-state index contributed by atoms with van der Waals surface area (Å²) in [4.78, 5) is 0. The molecule has 0 amide bonds. The van der Waals surface area contributed by atoms with Crippen LogP contribution in [-0.2, 0) is 0 Å². The van der Waals surface area contributed by atoms with Gasteiger partial charge in [0.05, 0.1) is 5.60 Å². The minimum Gasteiger partial charge on any atom is -0.386 e. The van der Waals surface area contributed by atoms with Crippen molar-refractivity contribution in [1.82, 2.24) is 0 Å². The second-order valence-corrected chi connectivity index (χ2v) is 3.81. The Morgan fingerprint density at radius 3 is 2.36 bits per heavy atom. The highest BCUT2D eigenvalue weighted by atomic mass is 35.5. The van der Waals surface area contributed by atoms with Gasteiger partial charge in [0.15, 0.2) is 0 Å². The molecule has 0 spiro atoms. The molecule has 0 aliphatic heterocycles. The summed E-state index contributed by atoms with van der Waals surface area (Å²) in [6.07, 6.45) is 2.18. The molecule has 11 heavy (non-hydrogen) atoms. The van der Waals surface area contributed by atoms with Gasteiger partial charge in [0.25, 0.3) is 0 Å². The number of hydrogen-bond donors (Lipinski definition) is 1. The molecule has 1 atom stereocenters. The predicted molar refractivity (Wildman–Crippen MR) is 49.7 cm³/mol. The fourth-order valence-electron chi connectivity index (χ4n) is 1.06. The third-order valence-electron chi connectivity index (χ3n) is 1.15. The minimum atomic E-state index is -0.850. The van der Waals surface area contributed by atoms with Crippen LogP contribution in [-0.4, -0.2) is 10.7 Å². The summed E-state index contributed by atoms with van der Waals surface area (Å²) in [5, 5.41) is 10.1. The zero-order valence-corrected chi connectivity index (χ0v) is 8.07. The number of aliphatic hydroxyl groups is 1. The molecule has 0 aromatic heterocycles. The van der Waals surface area contributed by atoms with Crippen LogP contribution in [0.5, 0.6) is 0 Å². The Labute approximate surface area is 73.4 Å². The number of hydrogen-bond acceptors (Lipinski definition) is 1. The molecule has 1 N–H and O–H groups in total. The van der Waals surface area contributed by atoms with Gasteiger partial charge < -0.3 is 5.11 Å². The molecule has 0 saturated carbocycles. The van der Waals surface area contributed by atoms with E-state index in [4.69, 9.17) is 11.6 Å². The van der Waals surface area contributed by atoms with Crippen LogP contribution in [0, 0.1) is 0 Å². The van der Waals surface area contributed by atoms with Gasteiger partial charge in [-0.2, -0.15) is 0 Å². The Morgan fingerprint density at radius 1 is 1.64 bits per heavy atom. The molecule has 0 aromatic carbocycles. The Morgan fingerprint density at radius 2 is 2.09 bits per heavy atom. The van der Waals surface area contributed by atoms with Crippen molar-refractivity contribution >= 4 is 11.6 Å². The van der Waals surface area contributed by atoms with E-state index in [0.29, 0.717) is 11.5 Å². The minimum absolute atomic E-state index is 0.403. The van der Waals surface area contributed by atoms with Gasteiger partial charge in [0.1, 0.15) is 0 Å². The fourth-order valence-corrected chi connectivity index (χ4v) is 1.33. The maximum absolute atomic E-state index is 9.63. The molecular weight excluding hydrogens is 160 g/mol. The van der Waals surface area contributed by atoms with Crippen molar-refractivity contribution in [2.24, 2.45) is 0 Å². The Kier molecular flexibility index (Phi) is 3.84. The van der Waals surface area contributed by atoms with Crippen molar-refractivity contribution in [3.05, 3.63) is 23.3 Å². The highest BCUT2D eigenvalue weighted by Gasteiger charge is 2.16. The highest BCUT2D eigenvalue weighted by molar-refractivity contribution is 6.29. The lowest BCUT2D eigenvalue weighted by atomic mass is 10.00. The van der Waals surface area contributed by atoms with Gasteiger partial charge in [-0.15, -0.1) is 0 Å². The standard InChI is InChI=1S/C9H15ClO/c1-7(2)5-9(4,11)6-8(3)10/h5,11H,3,6H2,1-2,4H3. The third-order valence-corrected chi connectivity index (χ3v) is 1.28. The van der Waals surface area contributed by atoms with Gasteiger partial charge in [-0.1, -0.05) is 29.8 Å². The first-order valence-electron chi connectivity index (χ1n) is 3.55. The molecule has 0 saturated heterocycles. The van der Waals surface area contributed by atoms with Crippen LogP contribution in [0.25, 0.3) is 0 Å². The van der Waals surface area contributed by atoms with E-state index in [2.05, 4.69) is 6.58 Å². The maximum Gasteiger partial charge on any atom is 0.0850 e. The summed E-state index contributed by atoms with van der Waals surface area (Å²) in [5.74, 6) is 0. The van der Waals surface area contributed by atoms with Crippen LogP contribution in [0.3, 0.4) is 0 Å². The number of allylic oxidation sites excluding steroid dienone is 1. The maximum atomic E-state index is 9.63. The topological polar surface area (TPSA) is 20.2 Å². The van der Waals surface area contributed by atoms with E-state index in [1.807, 2.05) is 13.8 Å². The van der Waals surface area contributed by atoms with E-state index >= 15 is 0 Å². The molecule has 0 aliphatic carbocycles. The van der Waals surface area contributed by atoms with Crippen molar-refractivity contribution < 1.29 is 5.11 Å². The molecule has 2 heteroatoms. The molecule has 1 unspecified atom stereocenters. The van der Waals surface area contributed by atoms with Gasteiger partial charge >= 0.3 is 0 Å². The monoisotopic (exact) mass is 174 g/mol. The summed E-state index contributed by atoms with van der Waals surface area (Å²) in [5.41, 5.74) is 0.227. The summed E-state index contributed by atoms with van der Waals surface area (Å²) in [7, 11) is 0. The Balaban J connectivity index is 4.22. The lowest BCUT2D eigenvalue weighted by molar-refractivity contribution is 0.113. The molecular formula is C9H15ClO. The average molecular weight is 175 g/mol. The molecule has 0 fully saturated rings. The van der Waals surface area contributed by atoms with Crippen LogP contribution in [0.15, 0.2) is 23.3 Å². The van der Waals surface area contributed by atoms with Gasteiger partial charge in [0.2, 0.25) is 0 Å². The van der Waals surface area contributed by atoms with Gasteiger partial charge in [-0.05, 0) is 20.8 Å². The quantitative estimate of drug-likeness (QED) is 0.653. The number of rotatable bonds is 3. The molecule has 0 heterocycles. The lowest BCUT2D eigenvalue weighted by Gasteiger charge is -2.18. The van der Waals surface area contributed by atoms with E-state index in [1.165, 1.54) is 0 Å². The van der Waals surface area contributed by atoms with E-state index in [9.17, 15) is 5.11 Å². The molecule has 0 aliphatic rings. The normalized spacial score (nSPS) is 15.4. The van der Waals surface area contributed by atoms with Gasteiger partial charge in [0, 0.05) is 11.5 Å². The predicted octanol–water partition coefficient (Wildman–Crippen LogP) is 2.85. The molecule has 0 rings (SSSR count). The first-order chi connectivity index (χ1) is 4.83. The van der Waals surface area contributed by atoms with E-state index in [1.54, 1.807) is 13.0 Å². The van der Waals surface area contributed by atoms with Crippen molar-refractivity contribution in [2.45, 2.75) is 32.8 Å². The average Bonchev–Trinajstić information content (AvgIpc) is 1.53. The first-order valence-corrected chi connectivity index (χ1v) is 3.93. The fraction of sp³-hybridized carbons (Fsp3) is 0.556. The van der Waals surface area contributed by atoms with Crippen molar-refractivity contribution in [2.75, 3.05) is 0 Å². The van der Waals surface area contributed by atoms with E-state index in [0.717, 1.165) is 5.57 Å². The van der Waals surface area contributed by atoms with Crippen molar-refractivity contribution in [3.63, 3.8) is 0 Å². The SMILES string of the molecule is C=C(Cl)CC(C)(O)C=C(C)C. The molecule has 1 nitrogen and oxygen atoms in total. The summed E-state index contributed by atoms with van der Waals surface area (Å²) in [6.45, 7) is 9.11. The zero-order valence-electron chi connectivity index (χ0n) is 7.32. The Hall–Kier alpha value is -0.270. The largest absolute Gasteiger partial charge is 0.386 e. The van der Waals surface area contributed by atoms with Crippen molar-refractivity contribution in [3.8, 4) is 0 Å². The smallest absolute Gasteiger partial charge is 0.0850 e. The third kappa shape index (κ3) is 6.14. The van der Waals surface area contributed by atoms with Crippen LogP contribution < -0.4 is 0 Å². The Bertz CT molecular complexity index is 176. The molecule has 0 radical (unpaired) electrons. The van der Waals surface area contributed by atoms with Gasteiger partial charge in [-0.3, -0.25) is 0 Å². The van der Waals surface area contributed by atoms with E-state index in [-0.39, 0.29) is 0 Å². The van der Waals surface area contributed by atoms with Crippen LogP contribution >= 0.6 is 11.6 Å². The van der Waals surface area contributed by atoms with Crippen LogP contribution in [0.2, 0.25) is 0 Å². The van der Waals surface area contributed by atoms with Crippen molar-refractivity contribution in [1.29, 1.82) is 0 Å². The summed E-state index contributed by atoms with van der Waals surface area (Å²) < 4.78 is 0. The molecule has 0 aromatic rings. The lowest BCUT2D eigenvalue weighted by Crippen LogP contribution is -2.20. The zero-order chi connectivity index (χ0) is 9.07. The van der Waals surface area contributed by atoms with Gasteiger partial charge in [-0.25, -0.2) is 0 Å². The van der Waals surface area contributed by atoms with Crippen LogP contribution in [0.4, 0.5) is 0 Å². The second kappa shape index (κ2) is 3.93.